The molecule has 228 valence electrons. The number of urea groups is 1. The molecule has 0 saturated carbocycles. The van der Waals surface area contributed by atoms with Crippen LogP contribution in [0.25, 0.3) is 11.5 Å². The van der Waals surface area contributed by atoms with Gasteiger partial charge in [0.05, 0.1) is 12.6 Å². The molecule has 6 N–H and O–H groups in total. The Hall–Kier alpha value is -4.37. The van der Waals surface area contributed by atoms with Crippen LogP contribution in [0, 0.1) is 11.6 Å². The molecule has 1 atom stereocenters. The molecule has 0 aliphatic rings. The van der Waals surface area contributed by atoms with Crippen LogP contribution in [0.2, 0.25) is 0 Å². The van der Waals surface area contributed by atoms with Crippen LogP contribution in [-0.2, 0) is 11.3 Å². The zero-order valence-corrected chi connectivity index (χ0v) is 22.9. The number of benzene rings is 2. The summed E-state index contributed by atoms with van der Waals surface area (Å²) in [6, 6.07) is 5.02. The van der Waals surface area contributed by atoms with E-state index in [1.54, 1.807) is 6.92 Å². The van der Waals surface area contributed by atoms with E-state index in [-0.39, 0.29) is 72.0 Å². The number of carbonyl (C=O) groups excluding carboxylic acids is 3. The van der Waals surface area contributed by atoms with Crippen LogP contribution >= 0.6 is 12.4 Å². The number of aromatic nitrogens is 1. The first-order valence-corrected chi connectivity index (χ1v) is 12.2. The number of hydrogen-bond donors (Lipinski definition) is 4. The number of imide groups is 1. The number of ether oxygens (including phenoxy) is 2. The van der Waals surface area contributed by atoms with Gasteiger partial charge in [0.25, 0.3) is 5.91 Å². The second-order valence-corrected chi connectivity index (χ2v) is 8.70. The van der Waals surface area contributed by atoms with Gasteiger partial charge in [-0.1, -0.05) is 6.07 Å². The van der Waals surface area contributed by atoms with Crippen molar-refractivity contribution in [1.82, 2.24) is 15.6 Å². The quantitative estimate of drug-likeness (QED) is 0.162. The Bertz CT molecular complexity index is 1410. The summed E-state index contributed by atoms with van der Waals surface area (Å²) < 4.78 is 68.8. The summed E-state index contributed by atoms with van der Waals surface area (Å²) >= 11 is 0. The van der Waals surface area contributed by atoms with Gasteiger partial charge < -0.3 is 30.7 Å². The molecule has 11 nitrogen and oxygen atoms in total. The second-order valence-electron chi connectivity index (χ2n) is 8.70. The van der Waals surface area contributed by atoms with Crippen molar-refractivity contribution in [2.24, 2.45) is 11.5 Å². The fraction of sp³-hybridized carbons (Fsp3) is 0.308. The number of hydrogen-bond acceptors (Lipinski definition) is 8. The van der Waals surface area contributed by atoms with E-state index in [1.807, 2.05) is 5.32 Å². The van der Waals surface area contributed by atoms with Crippen LogP contribution in [0.3, 0.4) is 0 Å². The minimum Gasteiger partial charge on any atom is -0.490 e. The number of carbonyl (C=O) groups is 3. The monoisotopic (exact) mass is 617 g/mol. The van der Waals surface area contributed by atoms with Gasteiger partial charge in [0.2, 0.25) is 11.8 Å². The van der Waals surface area contributed by atoms with Gasteiger partial charge >= 0.3 is 12.6 Å². The van der Waals surface area contributed by atoms with Crippen molar-refractivity contribution >= 4 is 30.3 Å². The van der Waals surface area contributed by atoms with Gasteiger partial charge in [0.1, 0.15) is 11.6 Å². The largest absolute Gasteiger partial charge is 0.490 e. The first-order valence-electron chi connectivity index (χ1n) is 12.2. The van der Waals surface area contributed by atoms with Crippen LogP contribution < -0.4 is 31.6 Å². The molecule has 1 heterocycles. The molecule has 0 aliphatic heterocycles. The van der Waals surface area contributed by atoms with E-state index in [4.69, 9.17) is 20.6 Å². The molecule has 3 rings (SSSR count). The predicted molar refractivity (Wildman–Crippen MR) is 143 cm³/mol. The average Bonchev–Trinajstić information content (AvgIpc) is 3.34. The summed E-state index contributed by atoms with van der Waals surface area (Å²) in [6.45, 7) is -1.88. The lowest BCUT2D eigenvalue weighted by Crippen LogP contribution is -2.34. The molecule has 1 unspecified atom stereocenters. The highest BCUT2D eigenvalue weighted by atomic mass is 35.5. The minimum atomic E-state index is -3.15. The highest BCUT2D eigenvalue weighted by molar-refractivity contribution is 5.94. The van der Waals surface area contributed by atoms with Crippen molar-refractivity contribution in [3.05, 3.63) is 65.1 Å². The number of halogens is 5. The number of alkyl halides is 2. The van der Waals surface area contributed by atoms with Crippen LogP contribution in [0.15, 0.2) is 40.8 Å². The van der Waals surface area contributed by atoms with E-state index in [1.165, 1.54) is 24.3 Å². The Morgan fingerprint density at radius 3 is 2.45 bits per heavy atom. The Kier molecular flexibility index (Phi) is 12.6. The molecule has 1 aromatic heterocycles. The highest BCUT2D eigenvalue weighted by Crippen LogP contribution is 2.35. The van der Waals surface area contributed by atoms with E-state index >= 15 is 0 Å². The number of nitrogens with one attached hydrogen (secondary N) is 2. The Labute approximate surface area is 243 Å². The molecule has 3 aromatic rings. The second kappa shape index (κ2) is 15.6. The van der Waals surface area contributed by atoms with Crippen molar-refractivity contribution in [3.8, 4) is 23.0 Å². The van der Waals surface area contributed by atoms with Gasteiger partial charge in [-0.05, 0) is 44.0 Å². The third-order valence-corrected chi connectivity index (χ3v) is 5.46. The van der Waals surface area contributed by atoms with Gasteiger partial charge in [-0.25, -0.2) is 18.6 Å². The summed E-state index contributed by atoms with van der Waals surface area (Å²) in [5, 5.41) is 4.40. The number of nitrogens with two attached hydrogens (primary N) is 2. The molecule has 16 heteroatoms. The number of primary amides is 1. The van der Waals surface area contributed by atoms with Gasteiger partial charge in [0.15, 0.2) is 23.0 Å². The Morgan fingerprint density at radius 1 is 1.07 bits per heavy atom. The molecule has 0 saturated heterocycles. The molecule has 2 aromatic carbocycles. The van der Waals surface area contributed by atoms with Crippen LogP contribution in [0.4, 0.5) is 22.4 Å². The molecule has 0 spiro atoms. The first kappa shape index (κ1) is 33.8. The van der Waals surface area contributed by atoms with Crippen molar-refractivity contribution in [2.45, 2.75) is 45.4 Å². The summed E-state index contributed by atoms with van der Waals surface area (Å²) in [5.41, 5.74) is 10.9. The minimum absolute atomic E-state index is 0. The number of unbranched alkanes of at least 4 members (excludes halogenated alkanes) is 1. The van der Waals surface area contributed by atoms with E-state index in [0.717, 1.165) is 6.07 Å². The lowest BCUT2D eigenvalue weighted by molar-refractivity contribution is -0.120. The summed E-state index contributed by atoms with van der Waals surface area (Å²) in [4.78, 5) is 39.2. The topological polar surface area (TPSA) is 172 Å². The number of rotatable bonds is 13. The van der Waals surface area contributed by atoms with Crippen molar-refractivity contribution in [1.29, 1.82) is 0 Å². The Balaban J connectivity index is 0.00000616. The molecular weight excluding hydrogens is 590 g/mol. The maximum absolute atomic E-state index is 13.9. The maximum Gasteiger partial charge on any atom is 0.387 e. The van der Waals surface area contributed by atoms with Gasteiger partial charge in [-0.3, -0.25) is 14.9 Å². The van der Waals surface area contributed by atoms with E-state index in [9.17, 15) is 31.9 Å². The zero-order chi connectivity index (χ0) is 30.1. The van der Waals surface area contributed by atoms with Crippen LogP contribution in [0.5, 0.6) is 11.5 Å². The zero-order valence-electron chi connectivity index (χ0n) is 22.1. The van der Waals surface area contributed by atoms with Gasteiger partial charge in [-0.15, -0.1) is 12.4 Å². The number of oxazole rings is 1. The van der Waals surface area contributed by atoms with Crippen molar-refractivity contribution < 1.29 is 45.8 Å². The SMILES string of the molecule is CC(N)c1oc(-c2ccc(OC(F)F)c(OCCCCC(=O)NC(N)=O)c2)nc1C(=O)NCc1ccc(F)cc1F.Cl. The van der Waals surface area contributed by atoms with E-state index in [2.05, 4.69) is 15.0 Å². The standard InChI is InChI=1S/C26H27F4N5O6.ClH/c1-13(31)22-21(23(37)33-12-15-5-7-16(27)11-17(15)28)35-24(41-22)14-6-8-18(40-25(29)30)19(10-14)39-9-3-2-4-20(36)34-26(32)38;/h5-8,10-11,13,25H,2-4,9,12,31H2,1H3,(H,33,37)(H3,32,34,36,38);1H. The molecular formula is C26H28ClF4N5O6. The first-order chi connectivity index (χ1) is 19.4. The summed E-state index contributed by atoms with van der Waals surface area (Å²) in [6.07, 6.45) is 0.612. The lowest BCUT2D eigenvalue weighted by atomic mass is 10.2. The van der Waals surface area contributed by atoms with Crippen molar-refractivity contribution in [2.75, 3.05) is 6.61 Å². The number of amides is 4. The third kappa shape index (κ3) is 9.62. The van der Waals surface area contributed by atoms with Crippen LogP contribution in [-0.4, -0.2) is 36.0 Å². The predicted octanol–water partition coefficient (Wildman–Crippen LogP) is 4.34. The molecule has 0 fully saturated rings. The van der Waals surface area contributed by atoms with Gasteiger partial charge in [-0.2, -0.15) is 8.78 Å². The molecule has 42 heavy (non-hydrogen) atoms. The van der Waals surface area contributed by atoms with Crippen LogP contribution in [0.1, 0.15) is 54.0 Å². The molecule has 0 radical (unpaired) electrons. The normalized spacial score (nSPS) is 11.4. The average molecular weight is 618 g/mol. The van der Waals surface area contributed by atoms with E-state index in [0.29, 0.717) is 18.9 Å². The fourth-order valence-corrected chi connectivity index (χ4v) is 3.57. The summed E-state index contributed by atoms with van der Waals surface area (Å²) in [7, 11) is 0. The van der Waals surface area contributed by atoms with Gasteiger partial charge in [0, 0.05) is 30.2 Å². The third-order valence-electron chi connectivity index (χ3n) is 5.46. The highest BCUT2D eigenvalue weighted by Gasteiger charge is 2.24. The Morgan fingerprint density at radius 2 is 1.81 bits per heavy atom. The lowest BCUT2D eigenvalue weighted by Gasteiger charge is -2.13. The summed E-state index contributed by atoms with van der Waals surface area (Å²) in [5.74, 6) is -3.39. The molecule has 0 bridgehead atoms. The number of nitrogens with zero attached hydrogens (tertiary/aromatic N) is 1. The smallest absolute Gasteiger partial charge is 0.387 e. The fourth-order valence-electron chi connectivity index (χ4n) is 3.57. The maximum atomic E-state index is 13.9. The van der Waals surface area contributed by atoms with E-state index < -0.39 is 42.1 Å². The molecule has 0 aliphatic carbocycles. The molecule has 4 amide bonds. The van der Waals surface area contributed by atoms with Crippen molar-refractivity contribution in [3.63, 3.8) is 0 Å².